The van der Waals surface area contributed by atoms with Crippen LogP contribution in [0, 0.1) is 12.1 Å². The Hall–Kier alpha value is -5.14. The second-order valence-corrected chi connectivity index (χ2v) is 30.2. The number of imidazole rings is 1. The molecule has 0 aliphatic rings. The average molecular weight is 1080 g/mol. The van der Waals surface area contributed by atoms with Crippen molar-refractivity contribution in [3.05, 3.63) is 162 Å². The zero-order valence-corrected chi connectivity index (χ0v) is 43.8. The number of hydrogen-bond acceptors (Lipinski definition) is 4. The van der Waals surface area contributed by atoms with Crippen LogP contribution in [0.25, 0.3) is 72.6 Å². The van der Waals surface area contributed by atoms with E-state index >= 15 is 0 Å². The number of hydrogen-bond donors (Lipinski definition) is 0. The molecule has 0 N–H and O–H groups in total. The summed E-state index contributed by atoms with van der Waals surface area (Å²) in [5, 5.41) is 2.15. The zero-order valence-electron chi connectivity index (χ0n) is 40.3. The molecule has 0 saturated heterocycles. The Kier molecular flexibility index (Phi) is 13.3. The van der Waals surface area contributed by atoms with E-state index in [1.807, 2.05) is 68.7 Å². The summed E-state index contributed by atoms with van der Waals surface area (Å²) < 4.78 is 18.6. The van der Waals surface area contributed by atoms with E-state index in [0.717, 1.165) is 72.6 Å². The smallest absolute Gasteiger partial charge is 0 e. The van der Waals surface area contributed by atoms with Crippen molar-refractivity contribution in [3.63, 3.8) is 0 Å². The Morgan fingerprint density at radius 3 is 1.98 bits per heavy atom. The maximum absolute atomic E-state index is 8.44. The topological polar surface area (TPSA) is 56.7 Å². The van der Waals surface area contributed by atoms with Gasteiger partial charge in [-0.15, -0.1) is 18.2 Å². The van der Waals surface area contributed by atoms with Gasteiger partial charge in [0.1, 0.15) is 5.58 Å². The SMILES string of the molecule is CC(C)c1cc(-c2ccccc2)cc(C(C)C)c1-n1c(-c2[c-]ccc3c2oc2ccccc23)nc2cc(C(C)(C)C)cnc21.[2H]C(C)(C)c1cc(-c2[c-]cccc2)nc[c]1[Ge]([CH3])([CH3])[CH3].[Ir]. The third-order valence-corrected chi connectivity index (χ3v) is 16.1. The van der Waals surface area contributed by atoms with Crippen LogP contribution < -0.4 is 4.40 Å². The van der Waals surface area contributed by atoms with E-state index in [1.54, 1.807) is 0 Å². The fraction of sp³-hybridized carbons (Fsp3) is 0.281. The summed E-state index contributed by atoms with van der Waals surface area (Å²) in [6.07, 6.45) is 4.01. The number of fused-ring (bicyclic) bond motifs is 4. The molecule has 0 aliphatic carbocycles. The number of para-hydroxylation sites is 1. The van der Waals surface area contributed by atoms with Crippen molar-refractivity contribution in [2.24, 2.45) is 0 Å². The predicted molar refractivity (Wildman–Crippen MR) is 268 cm³/mol. The second kappa shape index (κ2) is 18.8. The van der Waals surface area contributed by atoms with Crippen LogP contribution in [0.5, 0.6) is 0 Å². The standard InChI is InChI=1S/C40H38N3O.C17H22GeN.Ir/c1-24(2)32-20-27(26-14-9-8-10-15-26)21-33(25(3)4)36(32)43-38(42-34-22-28(40(5,6)7)23-41-39(34)43)31-18-13-17-30-29-16-11-12-19-35(29)44-37(30)31;1-13(2)15-11-17(14-9-7-6-8-10-14)19-12-16(15)18(3,4)5;/h8-17,19-25H,1-7H3;6-9,11-13H,1-5H3;/q2*-1;/i;13D;. The van der Waals surface area contributed by atoms with Crippen molar-refractivity contribution in [3.8, 4) is 39.5 Å². The van der Waals surface area contributed by atoms with Crippen LogP contribution in [0.15, 0.2) is 132 Å². The van der Waals surface area contributed by atoms with Crippen LogP contribution in [0.1, 0.15) is 104 Å². The maximum Gasteiger partial charge on any atom is 0 e. The van der Waals surface area contributed by atoms with Gasteiger partial charge in [0.05, 0.1) is 16.9 Å². The van der Waals surface area contributed by atoms with Gasteiger partial charge in [0.25, 0.3) is 0 Å². The van der Waals surface area contributed by atoms with E-state index in [4.69, 9.17) is 15.8 Å². The van der Waals surface area contributed by atoms with Crippen LogP contribution in [-0.4, -0.2) is 32.8 Å². The van der Waals surface area contributed by atoms with Crippen LogP contribution in [-0.2, 0) is 25.5 Å². The minimum atomic E-state index is -2.03. The summed E-state index contributed by atoms with van der Waals surface area (Å²) >= 11 is -2.03. The van der Waals surface area contributed by atoms with E-state index in [-0.39, 0.29) is 37.4 Å². The molecule has 4 aromatic heterocycles. The van der Waals surface area contributed by atoms with Gasteiger partial charge < -0.3 is 8.98 Å². The number of benzene rings is 5. The van der Waals surface area contributed by atoms with Crippen LogP contribution >= 0.6 is 0 Å². The second-order valence-electron chi connectivity index (χ2n) is 19.6. The number of pyridine rings is 2. The largest absolute Gasteiger partial charge is 0 e. The average Bonchev–Trinajstić information content (AvgIpc) is 3.84. The Balaban J connectivity index is 0.000000253. The molecule has 5 nitrogen and oxygen atoms in total. The van der Waals surface area contributed by atoms with Crippen molar-refractivity contribution in [1.82, 2.24) is 19.5 Å². The minimum absolute atomic E-state index is 0. The molecule has 5 aromatic carbocycles. The molecule has 9 aromatic rings. The minimum Gasteiger partial charge on any atom is 0 e. The molecule has 4 heterocycles. The normalized spacial score (nSPS) is 12.4. The molecule has 0 atom stereocenters. The fourth-order valence-electron chi connectivity index (χ4n) is 8.39. The number of aromatic nitrogens is 4. The first-order valence-corrected chi connectivity index (χ1v) is 29.6. The van der Waals surface area contributed by atoms with E-state index in [2.05, 4.69) is 160 Å². The Bertz CT molecular complexity index is 3090. The monoisotopic (exact) mass is 1080 g/mol. The van der Waals surface area contributed by atoms with Gasteiger partial charge in [-0.1, -0.05) is 108 Å². The molecule has 1 radical (unpaired) electrons. The number of rotatable bonds is 8. The molecule has 329 valence electrons. The third kappa shape index (κ3) is 9.34. The molecule has 7 heteroatoms. The van der Waals surface area contributed by atoms with Gasteiger partial charge in [-0.3, -0.25) is 4.98 Å². The van der Waals surface area contributed by atoms with E-state index < -0.39 is 19.2 Å². The summed E-state index contributed by atoms with van der Waals surface area (Å²) in [5.41, 5.74) is 14.4. The molecule has 0 amide bonds. The fourth-order valence-corrected chi connectivity index (χ4v) is 11.7. The number of nitrogens with zero attached hydrogens (tertiary/aromatic N) is 4. The van der Waals surface area contributed by atoms with E-state index in [9.17, 15) is 0 Å². The first-order valence-electron chi connectivity index (χ1n) is 22.7. The van der Waals surface area contributed by atoms with Crippen LogP contribution in [0.2, 0.25) is 17.3 Å². The molecule has 0 saturated carbocycles. The Labute approximate surface area is 397 Å². The first-order chi connectivity index (χ1) is 30.3. The van der Waals surface area contributed by atoms with E-state index in [1.165, 1.54) is 26.6 Å². The van der Waals surface area contributed by atoms with E-state index in [0.29, 0.717) is 0 Å². The van der Waals surface area contributed by atoms with Crippen molar-refractivity contribution < 1.29 is 25.9 Å². The maximum atomic E-state index is 8.44. The van der Waals surface area contributed by atoms with Crippen LogP contribution in [0.3, 0.4) is 0 Å². The predicted octanol–water partition coefficient (Wildman–Crippen LogP) is 15.2. The first kappa shape index (κ1) is 45.4. The molecule has 0 spiro atoms. The van der Waals surface area contributed by atoms with Gasteiger partial charge in [0.2, 0.25) is 0 Å². The van der Waals surface area contributed by atoms with Crippen molar-refractivity contribution in [2.75, 3.05) is 0 Å². The summed E-state index contributed by atoms with van der Waals surface area (Å²) in [5.74, 6) is 7.76. The quantitative estimate of drug-likeness (QED) is 0.112. The van der Waals surface area contributed by atoms with Crippen LogP contribution in [0.4, 0.5) is 0 Å². The Morgan fingerprint density at radius 2 is 1.36 bits per heavy atom. The van der Waals surface area contributed by atoms with Crippen molar-refractivity contribution >= 4 is 50.8 Å². The molecular weight excluding hydrogens is 1020 g/mol. The zero-order chi connectivity index (χ0) is 45.7. The van der Waals surface area contributed by atoms with Gasteiger partial charge in [0.15, 0.2) is 5.65 Å². The molecule has 9 rings (SSSR count). The van der Waals surface area contributed by atoms with Gasteiger partial charge in [-0.25, -0.2) is 4.98 Å². The summed E-state index contributed by atoms with van der Waals surface area (Å²) in [4.78, 5) is 15.1. The van der Waals surface area contributed by atoms with Gasteiger partial charge in [-0.2, -0.15) is 0 Å². The Morgan fingerprint density at radius 1 is 0.688 bits per heavy atom. The third-order valence-electron chi connectivity index (χ3n) is 11.9. The molecular formula is C57H60GeIrN4O-2. The summed E-state index contributed by atoms with van der Waals surface area (Å²) in [7, 11) is 0. The number of furan rings is 1. The van der Waals surface area contributed by atoms with Crippen molar-refractivity contribution in [1.29, 1.82) is 0 Å². The van der Waals surface area contributed by atoms with Gasteiger partial charge >= 0.3 is 120 Å². The molecule has 0 bridgehead atoms. The van der Waals surface area contributed by atoms with Gasteiger partial charge in [-0.05, 0) is 69.3 Å². The molecule has 0 unspecified atom stereocenters. The van der Waals surface area contributed by atoms with Crippen molar-refractivity contribution in [2.45, 2.75) is 103 Å². The molecule has 0 fully saturated rings. The summed E-state index contributed by atoms with van der Waals surface area (Å²) in [6.45, 7) is 19.6. The van der Waals surface area contributed by atoms with Gasteiger partial charge in [0, 0.05) is 37.4 Å². The molecule has 0 aliphatic heterocycles. The summed E-state index contributed by atoms with van der Waals surface area (Å²) in [6, 6.07) is 46.5. The molecule has 64 heavy (non-hydrogen) atoms.